The van der Waals surface area contributed by atoms with Crippen LogP contribution in [0.4, 0.5) is 10.6 Å². The second-order valence-electron chi connectivity index (χ2n) is 12.9. The van der Waals surface area contributed by atoms with Crippen molar-refractivity contribution in [1.82, 2.24) is 19.7 Å². The Balaban J connectivity index is 1.79. The number of carbonyl (C=O) groups excluding carboxylic acids is 1. The van der Waals surface area contributed by atoms with Crippen molar-refractivity contribution in [3.8, 4) is 10.6 Å². The van der Waals surface area contributed by atoms with Gasteiger partial charge in [0.1, 0.15) is 22.5 Å². The molecule has 3 heterocycles. The van der Waals surface area contributed by atoms with E-state index in [1.54, 1.807) is 77.1 Å². The van der Waals surface area contributed by atoms with E-state index in [4.69, 9.17) is 4.74 Å². The molecule has 1 aromatic carbocycles. The smallest absolute Gasteiger partial charge is 0.416 e. The summed E-state index contributed by atoms with van der Waals surface area (Å²) in [5, 5.41) is 11.0. The average Bonchev–Trinajstić information content (AvgIpc) is 3.40. The zero-order valence-electron chi connectivity index (χ0n) is 26.9. The lowest BCUT2D eigenvalue weighted by Gasteiger charge is -2.37. The second-order valence-corrected chi connectivity index (χ2v) is 15.8. The van der Waals surface area contributed by atoms with Gasteiger partial charge in [-0.25, -0.2) is 42.6 Å². The van der Waals surface area contributed by atoms with Crippen LogP contribution in [0.1, 0.15) is 63.7 Å². The normalized spacial score (nSPS) is 13.5. The SMILES string of the molecule is Cc1cnc(-c2ccc(CC(NS(=O)(=O)c3ccccn3)c3cccc(N(C(=O)OC(C)(C)C)C(C(=O)O)C(C)(C)C)n3)cc2)s1. The summed E-state index contributed by atoms with van der Waals surface area (Å²) in [7, 11) is -4.11. The maximum absolute atomic E-state index is 13.6. The van der Waals surface area contributed by atoms with Crippen molar-refractivity contribution in [3.05, 3.63) is 89.2 Å². The first-order chi connectivity index (χ1) is 21.4. The van der Waals surface area contributed by atoms with Gasteiger partial charge in [0.05, 0.1) is 11.7 Å². The molecule has 46 heavy (non-hydrogen) atoms. The van der Waals surface area contributed by atoms with Gasteiger partial charge >= 0.3 is 12.1 Å². The van der Waals surface area contributed by atoms with Crippen molar-refractivity contribution in [2.45, 2.75) is 77.6 Å². The standard InChI is InChI=1S/C33H39N5O6S2/c1-21-20-35-29(45-21)23-16-14-22(15-17-23)19-25(37-46(42,43)27-13-8-9-18-34-27)24-11-10-12-26(36-24)38(31(41)44-33(5,6)7)28(30(39)40)32(2,3)4/h8-18,20,25,28,37H,19H2,1-7H3,(H,39,40). The lowest BCUT2D eigenvalue weighted by atomic mass is 9.85. The van der Waals surface area contributed by atoms with E-state index in [1.165, 1.54) is 18.3 Å². The van der Waals surface area contributed by atoms with E-state index >= 15 is 0 Å². The number of aryl methyl sites for hydroxylation is 1. The number of hydrogen-bond donors (Lipinski definition) is 2. The third kappa shape index (κ3) is 8.74. The molecule has 4 aromatic rings. The molecule has 2 atom stereocenters. The Morgan fingerprint density at radius 2 is 1.67 bits per heavy atom. The van der Waals surface area contributed by atoms with Crippen molar-refractivity contribution in [3.63, 3.8) is 0 Å². The molecule has 4 rings (SSSR count). The Kier molecular flexibility index (Phi) is 10.3. The lowest BCUT2D eigenvalue weighted by Crippen LogP contribution is -2.54. The highest BCUT2D eigenvalue weighted by Gasteiger charge is 2.43. The second kappa shape index (κ2) is 13.7. The fourth-order valence-corrected chi connectivity index (χ4v) is 6.67. The topological polar surface area (TPSA) is 152 Å². The van der Waals surface area contributed by atoms with Crippen LogP contribution in [0.2, 0.25) is 0 Å². The van der Waals surface area contributed by atoms with Gasteiger partial charge in [0.15, 0.2) is 5.03 Å². The van der Waals surface area contributed by atoms with Crippen LogP contribution < -0.4 is 9.62 Å². The van der Waals surface area contributed by atoms with Gasteiger partial charge in [-0.1, -0.05) is 57.2 Å². The van der Waals surface area contributed by atoms with Crippen LogP contribution >= 0.6 is 11.3 Å². The molecule has 1 amide bonds. The largest absolute Gasteiger partial charge is 0.480 e. The Bertz CT molecular complexity index is 1780. The van der Waals surface area contributed by atoms with Gasteiger partial charge in [-0.3, -0.25) is 0 Å². The summed E-state index contributed by atoms with van der Waals surface area (Å²) < 4.78 is 35.3. The van der Waals surface area contributed by atoms with Gasteiger partial charge in [0.2, 0.25) is 0 Å². The van der Waals surface area contributed by atoms with Crippen LogP contribution in [0.3, 0.4) is 0 Å². The zero-order chi connectivity index (χ0) is 33.9. The minimum Gasteiger partial charge on any atom is -0.480 e. The van der Waals surface area contributed by atoms with Crippen molar-refractivity contribution in [1.29, 1.82) is 0 Å². The summed E-state index contributed by atoms with van der Waals surface area (Å²) in [5.41, 5.74) is 0.168. The molecular formula is C33H39N5O6S2. The lowest BCUT2D eigenvalue weighted by molar-refractivity contribution is -0.141. The van der Waals surface area contributed by atoms with Crippen molar-refractivity contribution in [2.75, 3.05) is 4.90 Å². The number of aromatic nitrogens is 3. The number of carboxylic acid groups (broad SMARTS) is 1. The quantitative estimate of drug-likeness (QED) is 0.196. The molecule has 0 saturated heterocycles. The first kappa shape index (κ1) is 34.7. The monoisotopic (exact) mass is 665 g/mol. The highest BCUT2D eigenvalue weighted by atomic mass is 32.2. The maximum atomic E-state index is 13.6. The molecule has 2 unspecified atom stereocenters. The van der Waals surface area contributed by atoms with E-state index in [0.717, 1.165) is 25.9 Å². The highest BCUT2D eigenvalue weighted by Crippen LogP contribution is 2.32. The van der Waals surface area contributed by atoms with Gasteiger partial charge in [-0.15, -0.1) is 11.3 Å². The first-order valence-corrected chi connectivity index (χ1v) is 16.9. The number of ether oxygens (including phenoxy) is 1. The van der Waals surface area contributed by atoms with Gasteiger partial charge in [-0.05, 0) is 69.4 Å². The summed E-state index contributed by atoms with van der Waals surface area (Å²) in [5.74, 6) is -1.24. The Hall–Kier alpha value is -4.20. The van der Waals surface area contributed by atoms with Crippen LogP contribution in [0.5, 0.6) is 0 Å². The number of carbonyl (C=O) groups is 2. The van der Waals surface area contributed by atoms with Crippen molar-refractivity contribution >= 4 is 39.2 Å². The van der Waals surface area contributed by atoms with Gasteiger partial charge < -0.3 is 9.84 Å². The van der Waals surface area contributed by atoms with Crippen LogP contribution in [0, 0.1) is 12.3 Å². The highest BCUT2D eigenvalue weighted by molar-refractivity contribution is 7.89. The van der Waals surface area contributed by atoms with E-state index in [2.05, 4.69) is 19.7 Å². The summed E-state index contributed by atoms with van der Waals surface area (Å²) in [4.78, 5) is 41.4. The van der Waals surface area contributed by atoms with Crippen molar-refractivity contribution < 1.29 is 27.9 Å². The molecule has 0 spiro atoms. The minimum atomic E-state index is -4.11. The van der Waals surface area contributed by atoms with Gasteiger partial charge in [-0.2, -0.15) is 0 Å². The predicted octanol–water partition coefficient (Wildman–Crippen LogP) is 6.41. The number of rotatable bonds is 10. The number of anilines is 1. The minimum absolute atomic E-state index is 0.00518. The molecule has 0 saturated carbocycles. The van der Waals surface area contributed by atoms with Crippen LogP contribution in [0.15, 0.2) is 78.1 Å². The van der Waals surface area contributed by atoms with Crippen LogP contribution in [-0.4, -0.2) is 52.2 Å². The number of hydrogen-bond acceptors (Lipinski definition) is 9. The molecule has 0 radical (unpaired) electrons. The molecule has 0 fully saturated rings. The first-order valence-electron chi connectivity index (χ1n) is 14.6. The number of aliphatic carboxylic acids is 1. The molecule has 0 aliphatic rings. The number of amides is 1. The molecule has 0 aliphatic heterocycles. The molecule has 11 nitrogen and oxygen atoms in total. The van der Waals surface area contributed by atoms with E-state index < -0.39 is 45.2 Å². The van der Waals surface area contributed by atoms with E-state index in [1.807, 2.05) is 37.4 Å². The summed E-state index contributed by atoms with van der Waals surface area (Å²) in [6.07, 6.45) is 2.49. The number of carboxylic acids is 1. The number of nitrogens with zero attached hydrogens (tertiary/aromatic N) is 4. The van der Waals surface area contributed by atoms with Gasteiger partial charge in [0, 0.05) is 22.8 Å². The van der Waals surface area contributed by atoms with E-state index in [-0.39, 0.29) is 23.0 Å². The Labute approximate surface area is 273 Å². The van der Waals surface area contributed by atoms with Crippen LogP contribution in [-0.2, 0) is 26.0 Å². The third-order valence-corrected chi connectivity index (χ3v) is 9.08. The molecule has 0 bridgehead atoms. The number of nitrogens with one attached hydrogen (secondary N) is 1. The molecule has 0 aliphatic carbocycles. The fourth-order valence-electron chi connectivity index (χ4n) is 4.75. The van der Waals surface area contributed by atoms with E-state index in [9.17, 15) is 23.1 Å². The maximum Gasteiger partial charge on any atom is 0.416 e. The Morgan fingerprint density at radius 1 is 0.978 bits per heavy atom. The average molecular weight is 666 g/mol. The van der Waals surface area contributed by atoms with Crippen LogP contribution in [0.25, 0.3) is 10.6 Å². The summed E-state index contributed by atoms with van der Waals surface area (Å²) in [6.45, 7) is 12.1. The number of thiazole rings is 1. The van der Waals surface area contributed by atoms with E-state index in [0.29, 0.717) is 0 Å². The third-order valence-electron chi connectivity index (χ3n) is 6.73. The number of benzene rings is 1. The number of sulfonamides is 1. The summed E-state index contributed by atoms with van der Waals surface area (Å²) >= 11 is 1.57. The molecule has 3 aromatic heterocycles. The molecule has 13 heteroatoms. The Morgan fingerprint density at radius 3 is 2.22 bits per heavy atom. The van der Waals surface area contributed by atoms with Gasteiger partial charge in [0.25, 0.3) is 10.0 Å². The fraction of sp³-hybridized carbons (Fsp3) is 0.364. The molecular weight excluding hydrogens is 627 g/mol. The number of pyridine rings is 2. The van der Waals surface area contributed by atoms with Crippen molar-refractivity contribution in [2.24, 2.45) is 5.41 Å². The molecule has 244 valence electrons. The zero-order valence-corrected chi connectivity index (χ0v) is 28.5. The molecule has 2 N–H and O–H groups in total. The summed E-state index contributed by atoms with van der Waals surface area (Å²) in [6, 6.07) is 14.7. The predicted molar refractivity (Wildman–Crippen MR) is 177 cm³/mol.